The lowest BCUT2D eigenvalue weighted by Crippen LogP contribution is -2.42. The van der Waals surface area contributed by atoms with Gasteiger partial charge in [0.1, 0.15) is 11.6 Å². The predicted octanol–water partition coefficient (Wildman–Crippen LogP) is 2.78. The lowest BCUT2D eigenvalue weighted by atomic mass is 9.66. The van der Waals surface area contributed by atoms with Crippen LogP contribution in [0.1, 0.15) is 80.1 Å². The molecule has 2 heterocycles. The molecular weight excluding hydrogens is 551 g/mol. The Morgan fingerprint density at radius 2 is 1.86 bits per heavy atom. The van der Waals surface area contributed by atoms with Crippen LogP contribution in [0.3, 0.4) is 0 Å². The van der Waals surface area contributed by atoms with Crippen LogP contribution in [0, 0.1) is 29.5 Å². The van der Waals surface area contributed by atoms with Gasteiger partial charge in [-0.25, -0.2) is 9.37 Å². The SMILES string of the molecule is CC1(C)[C@@H](C(=O)O)CC[C@@]1(C)C(=O)O.CN[C@@H]1COC[C@H](C)n2c1nc(C(=O)NCc1ccc(F)c(C)c1)c(O)c2=O. The van der Waals surface area contributed by atoms with Crippen molar-refractivity contribution in [1.29, 1.82) is 0 Å². The number of hydrogen-bond donors (Lipinski definition) is 5. The summed E-state index contributed by atoms with van der Waals surface area (Å²) in [4.78, 5) is 51.6. The highest BCUT2D eigenvalue weighted by molar-refractivity contribution is 5.94. The summed E-state index contributed by atoms with van der Waals surface area (Å²) in [6.07, 6.45) is 0.886. The highest BCUT2D eigenvalue weighted by Gasteiger charge is 2.58. The van der Waals surface area contributed by atoms with Crippen LogP contribution in [0.4, 0.5) is 4.39 Å². The van der Waals surface area contributed by atoms with Gasteiger partial charge in [-0.05, 0) is 63.3 Å². The van der Waals surface area contributed by atoms with Crippen molar-refractivity contribution in [2.24, 2.45) is 16.7 Å². The molecule has 1 aliphatic heterocycles. The molecule has 1 amide bonds. The number of nitrogens with zero attached hydrogens (tertiary/aromatic N) is 2. The molecule has 1 aromatic heterocycles. The number of carbonyl (C=O) groups is 3. The van der Waals surface area contributed by atoms with Crippen molar-refractivity contribution in [3.8, 4) is 5.75 Å². The van der Waals surface area contributed by atoms with E-state index in [0.29, 0.717) is 36.4 Å². The molecule has 12 nitrogen and oxygen atoms in total. The first-order chi connectivity index (χ1) is 19.6. The second-order valence-corrected chi connectivity index (χ2v) is 11.6. The minimum Gasteiger partial charge on any atom is -0.501 e. The summed E-state index contributed by atoms with van der Waals surface area (Å²) in [5.74, 6) is -3.73. The number of fused-ring (bicyclic) bond motifs is 1. The van der Waals surface area contributed by atoms with Gasteiger partial charge in [0.2, 0.25) is 5.75 Å². The fourth-order valence-electron chi connectivity index (χ4n) is 5.49. The second kappa shape index (κ2) is 12.6. The summed E-state index contributed by atoms with van der Waals surface area (Å²) < 4.78 is 20.3. The van der Waals surface area contributed by atoms with Gasteiger partial charge in [0.25, 0.3) is 11.5 Å². The van der Waals surface area contributed by atoms with Crippen LogP contribution in [-0.4, -0.2) is 63.0 Å². The van der Waals surface area contributed by atoms with Crippen molar-refractivity contribution in [2.75, 3.05) is 20.3 Å². The van der Waals surface area contributed by atoms with E-state index >= 15 is 0 Å². The summed E-state index contributed by atoms with van der Waals surface area (Å²) in [6, 6.07) is 3.76. The van der Waals surface area contributed by atoms with Crippen molar-refractivity contribution < 1.29 is 38.8 Å². The number of nitrogens with one attached hydrogen (secondary N) is 2. The first-order valence-corrected chi connectivity index (χ1v) is 13.7. The van der Waals surface area contributed by atoms with Crippen LogP contribution in [-0.2, 0) is 20.9 Å². The van der Waals surface area contributed by atoms with Gasteiger partial charge < -0.3 is 30.7 Å². The van der Waals surface area contributed by atoms with E-state index in [1.54, 1.807) is 53.8 Å². The van der Waals surface area contributed by atoms with Crippen molar-refractivity contribution >= 4 is 17.8 Å². The van der Waals surface area contributed by atoms with E-state index < -0.39 is 51.9 Å². The fraction of sp³-hybridized carbons (Fsp3) is 0.552. The van der Waals surface area contributed by atoms with Crippen LogP contribution in [0.2, 0.25) is 0 Å². The van der Waals surface area contributed by atoms with E-state index in [1.807, 2.05) is 0 Å². The van der Waals surface area contributed by atoms with Crippen LogP contribution in [0.5, 0.6) is 5.75 Å². The van der Waals surface area contributed by atoms with Crippen molar-refractivity contribution in [2.45, 2.75) is 66.1 Å². The number of ether oxygens (including phenoxy) is 1. The molecule has 1 fully saturated rings. The van der Waals surface area contributed by atoms with Gasteiger partial charge in [0, 0.05) is 6.54 Å². The average molecular weight is 591 g/mol. The molecule has 0 radical (unpaired) electrons. The number of aromatic hydroxyl groups is 1. The highest BCUT2D eigenvalue weighted by atomic mass is 19.1. The largest absolute Gasteiger partial charge is 0.501 e. The van der Waals surface area contributed by atoms with E-state index in [0.717, 1.165) is 0 Å². The number of rotatable bonds is 6. The van der Waals surface area contributed by atoms with E-state index in [1.165, 1.54) is 10.6 Å². The van der Waals surface area contributed by atoms with E-state index in [9.17, 15) is 28.7 Å². The molecule has 0 saturated heterocycles. The Morgan fingerprint density at radius 1 is 1.19 bits per heavy atom. The molecule has 5 N–H and O–H groups in total. The second-order valence-electron chi connectivity index (χ2n) is 11.6. The minimum absolute atomic E-state index is 0.106. The summed E-state index contributed by atoms with van der Waals surface area (Å²) in [5, 5.41) is 34.0. The van der Waals surface area contributed by atoms with Crippen molar-refractivity contribution in [3.05, 3.63) is 57.0 Å². The zero-order chi connectivity index (χ0) is 31.6. The normalized spacial score (nSPS) is 24.5. The Hall–Kier alpha value is -3.84. The third-order valence-corrected chi connectivity index (χ3v) is 8.75. The Labute approximate surface area is 242 Å². The highest BCUT2D eigenvalue weighted by Crippen LogP contribution is 2.56. The first-order valence-electron chi connectivity index (χ1n) is 13.7. The number of halogens is 1. The Morgan fingerprint density at radius 3 is 2.38 bits per heavy atom. The van der Waals surface area contributed by atoms with Crippen LogP contribution in [0.25, 0.3) is 0 Å². The molecular formula is C29H39FN4O8. The summed E-state index contributed by atoms with van der Waals surface area (Å²) in [7, 11) is 1.70. The number of aromatic nitrogens is 2. The Kier molecular flexibility index (Phi) is 9.78. The van der Waals surface area contributed by atoms with Gasteiger partial charge in [-0.2, -0.15) is 0 Å². The average Bonchev–Trinajstić information content (AvgIpc) is 3.06. The molecule has 0 spiro atoms. The number of hydrogen-bond acceptors (Lipinski definition) is 8. The first kappa shape index (κ1) is 32.7. The quantitative estimate of drug-likeness (QED) is 0.336. The summed E-state index contributed by atoms with van der Waals surface area (Å²) in [5.41, 5.74) is -1.49. The molecule has 42 heavy (non-hydrogen) atoms. The monoisotopic (exact) mass is 590 g/mol. The van der Waals surface area contributed by atoms with Crippen LogP contribution < -0.4 is 16.2 Å². The predicted molar refractivity (Wildman–Crippen MR) is 150 cm³/mol. The summed E-state index contributed by atoms with van der Waals surface area (Å²) in [6.45, 7) is 9.19. The number of aryl methyl sites for hydroxylation is 1. The number of amides is 1. The van der Waals surface area contributed by atoms with Gasteiger partial charge in [-0.15, -0.1) is 0 Å². The number of carboxylic acids is 2. The molecule has 1 aromatic carbocycles. The van der Waals surface area contributed by atoms with Gasteiger partial charge in [0.05, 0.1) is 36.6 Å². The maximum Gasteiger partial charge on any atom is 0.309 e. The molecule has 13 heteroatoms. The van der Waals surface area contributed by atoms with Crippen molar-refractivity contribution in [3.63, 3.8) is 0 Å². The third kappa shape index (κ3) is 6.16. The molecule has 4 atom stereocenters. The molecule has 1 saturated carbocycles. The minimum atomic E-state index is -0.921. The molecule has 2 aromatic rings. The molecule has 4 rings (SSSR count). The molecule has 1 aliphatic carbocycles. The molecule has 2 aliphatic rings. The van der Waals surface area contributed by atoms with E-state index in [2.05, 4.69) is 15.6 Å². The number of carboxylic acid groups (broad SMARTS) is 2. The smallest absolute Gasteiger partial charge is 0.309 e. The number of aliphatic carboxylic acids is 2. The Bertz CT molecular complexity index is 1430. The van der Waals surface area contributed by atoms with E-state index in [4.69, 9.17) is 14.9 Å². The standard InChI is InChI=1S/C19H23FN4O4.C10H16O4/c1-10-6-12(4-5-13(10)20)7-22-18(26)15-16(25)19(27)24-11(2)8-28-9-14(21-3)17(24)23-15;1-9(2)6(7(11)12)4-5-10(9,3)8(13)14/h4-6,11,14,21,25H,7-9H2,1-3H3,(H,22,26);6H,4-5H2,1-3H3,(H,11,12)(H,13,14)/t11-,14+;6-,10+/m01/s1. The van der Waals surface area contributed by atoms with Crippen LogP contribution in [0.15, 0.2) is 23.0 Å². The van der Waals surface area contributed by atoms with Gasteiger partial charge >= 0.3 is 11.9 Å². The third-order valence-electron chi connectivity index (χ3n) is 8.75. The topological polar surface area (TPSA) is 180 Å². The van der Waals surface area contributed by atoms with Gasteiger partial charge in [-0.1, -0.05) is 26.0 Å². The maximum atomic E-state index is 13.4. The molecule has 230 valence electrons. The fourth-order valence-corrected chi connectivity index (χ4v) is 5.49. The zero-order valence-corrected chi connectivity index (χ0v) is 24.7. The summed E-state index contributed by atoms with van der Waals surface area (Å²) >= 11 is 0. The van der Waals surface area contributed by atoms with Gasteiger partial charge in [0.15, 0.2) is 5.69 Å². The number of likely N-dealkylation sites (N-methyl/N-ethyl adjacent to an activating group) is 1. The lowest BCUT2D eigenvalue weighted by Gasteiger charge is -2.36. The molecule has 0 bridgehead atoms. The van der Waals surface area contributed by atoms with E-state index in [-0.39, 0.29) is 30.7 Å². The lowest BCUT2D eigenvalue weighted by molar-refractivity contribution is -0.157. The zero-order valence-electron chi connectivity index (χ0n) is 24.7. The molecule has 0 unspecified atom stereocenters. The maximum absolute atomic E-state index is 13.4. The van der Waals surface area contributed by atoms with Crippen LogP contribution >= 0.6 is 0 Å². The van der Waals surface area contributed by atoms with Crippen molar-refractivity contribution in [1.82, 2.24) is 20.2 Å². The number of benzene rings is 1. The number of carbonyl (C=O) groups excluding carboxylic acids is 1. The van der Waals surface area contributed by atoms with Gasteiger partial charge in [-0.3, -0.25) is 23.7 Å². The Balaban J connectivity index is 0.000000291.